The van der Waals surface area contributed by atoms with Gasteiger partial charge in [0.1, 0.15) is 4.47 Å². The Kier molecular flexibility index (Phi) is 4.19. The summed E-state index contributed by atoms with van der Waals surface area (Å²) in [5, 5.41) is 3.68. The molecule has 2 rings (SSSR count). The Balaban J connectivity index is 2.28. The van der Waals surface area contributed by atoms with Crippen molar-refractivity contribution in [3.05, 3.63) is 40.0 Å². The molecule has 7 heteroatoms. The second-order valence-electron chi connectivity index (χ2n) is 4.74. The van der Waals surface area contributed by atoms with E-state index in [1.807, 2.05) is 0 Å². The molecular formula is C13H15BrN2O3S. The highest BCUT2D eigenvalue weighted by Gasteiger charge is 2.19. The molecule has 0 fully saturated rings. The van der Waals surface area contributed by atoms with Crippen LogP contribution < -0.4 is 4.72 Å². The van der Waals surface area contributed by atoms with Crippen molar-refractivity contribution >= 4 is 31.8 Å². The number of benzene rings is 1. The molecule has 0 unspecified atom stereocenters. The van der Waals surface area contributed by atoms with Gasteiger partial charge in [-0.2, -0.15) is 0 Å². The number of hydrogen-bond donors (Lipinski definition) is 1. The molecule has 20 heavy (non-hydrogen) atoms. The van der Waals surface area contributed by atoms with Crippen molar-refractivity contribution in [2.45, 2.75) is 31.6 Å². The minimum Gasteiger partial charge on any atom is -0.336 e. The lowest BCUT2D eigenvalue weighted by Gasteiger charge is -2.08. The monoisotopic (exact) mass is 358 g/mol. The van der Waals surface area contributed by atoms with Gasteiger partial charge in [0.05, 0.1) is 10.6 Å². The molecule has 0 aliphatic carbocycles. The highest BCUT2D eigenvalue weighted by molar-refractivity contribution is 9.10. The van der Waals surface area contributed by atoms with Gasteiger partial charge in [-0.15, -0.1) is 0 Å². The Bertz CT molecular complexity index is 706. The number of anilines is 1. The Hall–Kier alpha value is -1.34. The predicted octanol–water partition coefficient (Wildman–Crippen LogP) is 3.67. The average Bonchev–Trinajstić information content (AvgIpc) is 2.70. The van der Waals surface area contributed by atoms with Crippen LogP contribution in [0.1, 0.15) is 31.0 Å². The fourth-order valence-corrected chi connectivity index (χ4v) is 3.01. The van der Waals surface area contributed by atoms with Crippen LogP contribution in [0.2, 0.25) is 0 Å². The third-order valence-corrected chi connectivity index (χ3v) is 5.16. The van der Waals surface area contributed by atoms with E-state index in [0.717, 1.165) is 5.56 Å². The van der Waals surface area contributed by atoms with E-state index in [9.17, 15) is 8.42 Å². The van der Waals surface area contributed by atoms with Crippen LogP contribution in [0, 0.1) is 6.92 Å². The van der Waals surface area contributed by atoms with Crippen LogP contribution in [0.5, 0.6) is 0 Å². The number of sulfonamides is 1. The van der Waals surface area contributed by atoms with Gasteiger partial charge in [-0.25, -0.2) is 13.1 Å². The maximum atomic E-state index is 12.2. The van der Waals surface area contributed by atoms with Crippen molar-refractivity contribution < 1.29 is 12.9 Å². The van der Waals surface area contributed by atoms with Crippen LogP contribution >= 0.6 is 15.9 Å². The Morgan fingerprint density at radius 3 is 2.30 bits per heavy atom. The highest BCUT2D eigenvalue weighted by Crippen LogP contribution is 2.28. The quantitative estimate of drug-likeness (QED) is 0.904. The first-order valence-electron chi connectivity index (χ1n) is 6.06. The number of nitrogens with zero attached hydrogens (tertiary/aromatic N) is 1. The van der Waals surface area contributed by atoms with Crippen LogP contribution in [-0.2, 0) is 10.0 Å². The molecule has 0 atom stereocenters. The summed E-state index contributed by atoms with van der Waals surface area (Å²) in [5.41, 5.74) is 1.67. The molecular weight excluding hydrogens is 344 g/mol. The number of aryl methyl sites for hydroxylation is 1. The van der Waals surface area contributed by atoms with E-state index >= 15 is 0 Å². The van der Waals surface area contributed by atoms with Gasteiger partial charge in [0.2, 0.25) is 0 Å². The third kappa shape index (κ3) is 3.04. The van der Waals surface area contributed by atoms with Gasteiger partial charge >= 0.3 is 0 Å². The molecule has 0 aliphatic rings. The Morgan fingerprint density at radius 2 is 1.85 bits per heavy atom. The topological polar surface area (TPSA) is 72.2 Å². The van der Waals surface area contributed by atoms with Crippen molar-refractivity contribution in [1.82, 2.24) is 5.16 Å². The molecule has 0 radical (unpaired) electrons. The fourth-order valence-electron chi connectivity index (χ4n) is 1.63. The molecule has 0 amide bonds. The lowest BCUT2D eigenvalue weighted by atomic mass is 10.0. The van der Waals surface area contributed by atoms with Crippen molar-refractivity contribution in [2.24, 2.45) is 0 Å². The lowest BCUT2D eigenvalue weighted by Crippen LogP contribution is -2.12. The molecule has 108 valence electrons. The van der Waals surface area contributed by atoms with Gasteiger partial charge in [-0.1, -0.05) is 31.1 Å². The van der Waals surface area contributed by atoms with E-state index < -0.39 is 10.0 Å². The second-order valence-corrected chi connectivity index (χ2v) is 7.22. The molecule has 0 saturated heterocycles. The van der Waals surface area contributed by atoms with E-state index in [1.54, 1.807) is 31.2 Å². The van der Waals surface area contributed by atoms with Crippen molar-refractivity contribution in [3.8, 4) is 0 Å². The summed E-state index contributed by atoms with van der Waals surface area (Å²) >= 11 is 3.22. The summed E-state index contributed by atoms with van der Waals surface area (Å²) in [4.78, 5) is 0.183. The lowest BCUT2D eigenvalue weighted by molar-refractivity contribution is 0.430. The molecule has 1 N–H and O–H groups in total. The molecule has 0 bridgehead atoms. The normalized spacial score (nSPS) is 11.8. The van der Waals surface area contributed by atoms with E-state index in [4.69, 9.17) is 4.52 Å². The first-order chi connectivity index (χ1) is 9.31. The van der Waals surface area contributed by atoms with Gasteiger partial charge in [0, 0.05) is 0 Å². The highest BCUT2D eigenvalue weighted by atomic mass is 79.9. The summed E-state index contributed by atoms with van der Waals surface area (Å²) in [6.07, 6.45) is 0. The summed E-state index contributed by atoms with van der Waals surface area (Å²) in [6, 6.07) is 6.77. The van der Waals surface area contributed by atoms with E-state index in [2.05, 4.69) is 39.7 Å². The average molecular weight is 359 g/mol. The van der Waals surface area contributed by atoms with Crippen LogP contribution in [-0.4, -0.2) is 13.6 Å². The molecule has 1 aromatic carbocycles. The van der Waals surface area contributed by atoms with Crippen LogP contribution in [0.25, 0.3) is 0 Å². The summed E-state index contributed by atoms with van der Waals surface area (Å²) in [7, 11) is -3.68. The summed E-state index contributed by atoms with van der Waals surface area (Å²) in [6.45, 7) is 5.81. The standard InChI is InChI=1S/C13H15BrN2O3S/c1-8(2)10-4-6-11(7-5-10)20(17,18)16-13-12(14)9(3)15-19-13/h4-8,16H,1-3H3. The van der Waals surface area contributed by atoms with Gasteiger partial charge in [-0.05, 0) is 46.5 Å². The Labute approximate surface area is 126 Å². The van der Waals surface area contributed by atoms with E-state index in [0.29, 0.717) is 16.1 Å². The first-order valence-corrected chi connectivity index (χ1v) is 8.33. The van der Waals surface area contributed by atoms with Gasteiger partial charge in [-0.3, -0.25) is 0 Å². The van der Waals surface area contributed by atoms with E-state index in [-0.39, 0.29) is 10.8 Å². The predicted molar refractivity (Wildman–Crippen MR) is 80.3 cm³/mol. The van der Waals surface area contributed by atoms with Crippen LogP contribution in [0.3, 0.4) is 0 Å². The number of halogens is 1. The van der Waals surface area contributed by atoms with Crippen molar-refractivity contribution in [1.29, 1.82) is 0 Å². The number of aromatic nitrogens is 1. The minimum absolute atomic E-state index is 0.0791. The summed E-state index contributed by atoms with van der Waals surface area (Å²) in [5.74, 6) is 0.432. The number of nitrogens with one attached hydrogen (secondary N) is 1. The second kappa shape index (κ2) is 5.57. The van der Waals surface area contributed by atoms with E-state index in [1.165, 1.54) is 0 Å². The van der Waals surface area contributed by atoms with Crippen molar-refractivity contribution in [3.63, 3.8) is 0 Å². The smallest absolute Gasteiger partial charge is 0.264 e. The van der Waals surface area contributed by atoms with Gasteiger partial charge in [0.15, 0.2) is 0 Å². The molecule has 1 heterocycles. The molecule has 0 aliphatic heterocycles. The molecule has 5 nitrogen and oxygen atoms in total. The fraction of sp³-hybridized carbons (Fsp3) is 0.308. The zero-order valence-electron chi connectivity index (χ0n) is 11.3. The maximum Gasteiger partial charge on any atom is 0.264 e. The van der Waals surface area contributed by atoms with Crippen LogP contribution in [0.15, 0.2) is 38.2 Å². The molecule has 1 aromatic heterocycles. The number of rotatable bonds is 4. The zero-order valence-corrected chi connectivity index (χ0v) is 13.7. The van der Waals surface area contributed by atoms with Crippen molar-refractivity contribution in [2.75, 3.05) is 4.72 Å². The largest absolute Gasteiger partial charge is 0.336 e. The van der Waals surface area contributed by atoms with Gasteiger partial charge in [0.25, 0.3) is 15.9 Å². The summed E-state index contributed by atoms with van der Waals surface area (Å²) < 4.78 is 32.2. The SMILES string of the molecule is Cc1noc(NS(=O)(=O)c2ccc(C(C)C)cc2)c1Br. The number of hydrogen-bond acceptors (Lipinski definition) is 4. The third-order valence-electron chi connectivity index (χ3n) is 2.87. The van der Waals surface area contributed by atoms with Gasteiger partial charge < -0.3 is 4.52 Å². The molecule has 0 spiro atoms. The maximum absolute atomic E-state index is 12.2. The molecule has 2 aromatic rings. The zero-order chi connectivity index (χ0) is 14.9. The van der Waals surface area contributed by atoms with Crippen LogP contribution in [0.4, 0.5) is 5.88 Å². The molecule has 0 saturated carbocycles. The minimum atomic E-state index is -3.68. The Morgan fingerprint density at radius 1 is 1.25 bits per heavy atom. The first kappa shape index (κ1) is 15.1.